The second-order valence-electron chi connectivity index (χ2n) is 6.18. The molecule has 156 valence electrons. The molecule has 3 aromatic carbocycles. The Kier molecular flexibility index (Phi) is 6.06. The maximum Gasteiger partial charge on any atom is 0.261 e. The molecule has 0 saturated heterocycles. The fraction of sp³-hybridized carbons (Fsp3) is 0.0500. The van der Waals surface area contributed by atoms with Gasteiger partial charge in [0, 0.05) is 23.4 Å². The summed E-state index contributed by atoms with van der Waals surface area (Å²) in [6.45, 7) is -0.243. The molecule has 0 heterocycles. The van der Waals surface area contributed by atoms with Gasteiger partial charge in [0.1, 0.15) is 11.6 Å². The average Bonchev–Trinajstić information content (AvgIpc) is 2.70. The highest BCUT2D eigenvalue weighted by molar-refractivity contribution is 7.92. The molecule has 0 radical (unpaired) electrons. The molecule has 3 aromatic rings. The normalized spacial score (nSPS) is 11.2. The Morgan fingerprint density at radius 3 is 2.13 bits per heavy atom. The molecule has 5 nitrogen and oxygen atoms in total. The Morgan fingerprint density at radius 1 is 0.800 bits per heavy atom. The Morgan fingerprint density at radius 2 is 1.47 bits per heavy atom. The van der Waals surface area contributed by atoms with Crippen molar-refractivity contribution >= 4 is 21.6 Å². The second kappa shape index (κ2) is 8.54. The predicted octanol–water partition coefficient (Wildman–Crippen LogP) is 3.97. The van der Waals surface area contributed by atoms with Gasteiger partial charge in [-0.25, -0.2) is 26.0 Å². The fourth-order valence-electron chi connectivity index (χ4n) is 2.50. The summed E-state index contributed by atoms with van der Waals surface area (Å²) in [6.07, 6.45) is 0. The molecular weight excluding hydrogens is 424 g/mol. The SMILES string of the molecule is O=C(NCc1cc(F)ccc1F)c1ccc(NS(=O)(=O)c2ccc(F)c(F)c2)cc1. The van der Waals surface area contributed by atoms with Crippen LogP contribution >= 0.6 is 0 Å². The highest BCUT2D eigenvalue weighted by Gasteiger charge is 2.17. The Hall–Kier alpha value is -3.40. The minimum absolute atomic E-state index is 0.0285. The van der Waals surface area contributed by atoms with Crippen molar-refractivity contribution in [3.63, 3.8) is 0 Å². The molecule has 2 N–H and O–H groups in total. The first-order valence-corrected chi connectivity index (χ1v) is 9.94. The minimum atomic E-state index is -4.18. The molecule has 0 bridgehead atoms. The van der Waals surface area contributed by atoms with E-state index in [-0.39, 0.29) is 23.4 Å². The van der Waals surface area contributed by atoms with E-state index >= 15 is 0 Å². The van der Waals surface area contributed by atoms with Gasteiger partial charge in [-0.05, 0) is 60.7 Å². The van der Waals surface area contributed by atoms with Gasteiger partial charge in [-0.1, -0.05) is 0 Å². The lowest BCUT2D eigenvalue weighted by atomic mass is 10.1. The highest BCUT2D eigenvalue weighted by atomic mass is 32.2. The van der Waals surface area contributed by atoms with E-state index in [0.29, 0.717) is 12.1 Å². The quantitative estimate of drug-likeness (QED) is 0.572. The maximum atomic E-state index is 13.6. The van der Waals surface area contributed by atoms with Crippen LogP contribution in [0.3, 0.4) is 0 Å². The Balaban J connectivity index is 1.67. The van der Waals surface area contributed by atoms with E-state index in [9.17, 15) is 30.8 Å². The summed E-state index contributed by atoms with van der Waals surface area (Å²) in [7, 11) is -4.18. The van der Waals surface area contributed by atoms with Crippen LogP contribution in [-0.2, 0) is 16.6 Å². The molecule has 1 amide bonds. The Bertz CT molecular complexity index is 1200. The molecule has 0 aromatic heterocycles. The van der Waals surface area contributed by atoms with Crippen molar-refractivity contribution in [2.75, 3.05) is 4.72 Å². The van der Waals surface area contributed by atoms with E-state index in [1.165, 1.54) is 24.3 Å². The summed E-state index contributed by atoms with van der Waals surface area (Å²) in [5.41, 5.74) is 0.189. The van der Waals surface area contributed by atoms with Crippen molar-refractivity contribution < 1.29 is 30.8 Å². The molecule has 0 atom stereocenters. The standard InChI is InChI=1S/C20H14F4N2O3S/c21-14-3-7-17(22)13(9-14)11-25-20(27)12-1-4-15(5-2-12)26-30(28,29)16-6-8-18(23)19(24)10-16/h1-10,26H,11H2,(H,25,27). The molecule has 0 fully saturated rings. The third kappa shape index (κ3) is 4.95. The van der Waals surface area contributed by atoms with Gasteiger partial charge in [0.25, 0.3) is 15.9 Å². The number of carbonyl (C=O) groups is 1. The largest absolute Gasteiger partial charge is 0.348 e. The number of rotatable bonds is 6. The zero-order valence-corrected chi connectivity index (χ0v) is 15.9. The van der Waals surface area contributed by atoms with Gasteiger partial charge in [0.2, 0.25) is 0 Å². The van der Waals surface area contributed by atoms with Crippen molar-refractivity contribution in [2.24, 2.45) is 0 Å². The van der Waals surface area contributed by atoms with E-state index in [2.05, 4.69) is 10.0 Å². The number of anilines is 1. The van der Waals surface area contributed by atoms with Crippen LogP contribution in [0.15, 0.2) is 65.6 Å². The molecule has 0 aliphatic rings. The number of amides is 1. The average molecular weight is 438 g/mol. The lowest BCUT2D eigenvalue weighted by Gasteiger charge is -2.10. The van der Waals surface area contributed by atoms with Crippen LogP contribution in [0.5, 0.6) is 0 Å². The fourth-order valence-corrected chi connectivity index (χ4v) is 3.57. The number of benzene rings is 3. The zero-order chi connectivity index (χ0) is 21.9. The van der Waals surface area contributed by atoms with E-state index in [1.54, 1.807) is 0 Å². The van der Waals surface area contributed by atoms with E-state index in [4.69, 9.17) is 0 Å². The molecule has 0 spiro atoms. The number of carbonyl (C=O) groups excluding carboxylic acids is 1. The highest BCUT2D eigenvalue weighted by Crippen LogP contribution is 2.19. The van der Waals surface area contributed by atoms with Gasteiger partial charge in [-0.2, -0.15) is 0 Å². The van der Waals surface area contributed by atoms with Crippen LogP contribution in [0, 0.1) is 23.3 Å². The molecular formula is C20H14F4N2O3S. The predicted molar refractivity (Wildman–Crippen MR) is 101 cm³/mol. The first-order chi connectivity index (χ1) is 14.2. The first-order valence-electron chi connectivity index (χ1n) is 8.46. The summed E-state index contributed by atoms with van der Waals surface area (Å²) in [5.74, 6) is -4.38. The van der Waals surface area contributed by atoms with Crippen LogP contribution in [0.4, 0.5) is 23.2 Å². The third-order valence-electron chi connectivity index (χ3n) is 4.05. The van der Waals surface area contributed by atoms with E-state index in [0.717, 1.165) is 24.3 Å². The van der Waals surface area contributed by atoms with Crippen molar-refractivity contribution in [3.8, 4) is 0 Å². The summed E-state index contributed by atoms with van der Waals surface area (Å²) >= 11 is 0. The van der Waals surface area contributed by atoms with Crippen LogP contribution in [0.1, 0.15) is 15.9 Å². The molecule has 30 heavy (non-hydrogen) atoms. The zero-order valence-electron chi connectivity index (χ0n) is 15.1. The van der Waals surface area contributed by atoms with Crippen LogP contribution < -0.4 is 10.0 Å². The van der Waals surface area contributed by atoms with Gasteiger partial charge in [-0.15, -0.1) is 0 Å². The maximum absolute atomic E-state index is 13.6. The lowest BCUT2D eigenvalue weighted by molar-refractivity contribution is 0.0950. The number of nitrogens with one attached hydrogen (secondary N) is 2. The molecule has 0 unspecified atom stereocenters. The number of hydrogen-bond acceptors (Lipinski definition) is 3. The minimum Gasteiger partial charge on any atom is -0.348 e. The van der Waals surface area contributed by atoms with Gasteiger partial charge < -0.3 is 5.32 Å². The van der Waals surface area contributed by atoms with Crippen LogP contribution in [-0.4, -0.2) is 14.3 Å². The lowest BCUT2D eigenvalue weighted by Crippen LogP contribution is -2.23. The van der Waals surface area contributed by atoms with Gasteiger partial charge in [0.15, 0.2) is 11.6 Å². The number of hydrogen-bond donors (Lipinski definition) is 2. The molecule has 0 aliphatic carbocycles. The van der Waals surface area contributed by atoms with Crippen molar-refractivity contribution in [1.82, 2.24) is 5.32 Å². The topological polar surface area (TPSA) is 75.3 Å². The van der Waals surface area contributed by atoms with E-state index in [1.807, 2.05) is 0 Å². The first kappa shape index (κ1) is 21.3. The Labute approximate surface area is 169 Å². The number of halogens is 4. The molecule has 0 aliphatic heterocycles. The van der Waals surface area contributed by atoms with Crippen molar-refractivity contribution in [1.29, 1.82) is 0 Å². The molecule has 10 heteroatoms. The summed E-state index contributed by atoms with van der Waals surface area (Å²) < 4.78 is 79.7. The third-order valence-corrected chi connectivity index (χ3v) is 5.43. The van der Waals surface area contributed by atoms with Gasteiger partial charge in [-0.3, -0.25) is 9.52 Å². The summed E-state index contributed by atoms with van der Waals surface area (Å²) in [4.78, 5) is 11.7. The van der Waals surface area contributed by atoms with Gasteiger partial charge >= 0.3 is 0 Å². The number of sulfonamides is 1. The monoisotopic (exact) mass is 438 g/mol. The second-order valence-corrected chi connectivity index (χ2v) is 7.86. The summed E-state index contributed by atoms with van der Waals surface area (Å²) in [6, 6.07) is 10.2. The smallest absolute Gasteiger partial charge is 0.261 e. The molecule has 0 saturated carbocycles. The van der Waals surface area contributed by atoms with Crippen LogP contribution in [0.2, 0.25) is 0 Å². The summed E-state index contributed by atoms with van der Waals surface area (Å²) in [5, 5.41) is 2.43. The van der Waals surface area contributed by atoms with Crippen LogP contribution in [0.25, 0.3) is 0 Å². The van der Waals surface area contributed by atoms with Crippen molar-refractivity contribution in [2.45, 2.75) is 11.4 Å². The molecule has 3 rings (SSSR count). The van der Waals surface area contributed by atoms with E-state index < -0.39 is 44.1 Å². The van der Waals surface area contributed by atoms with Crippen molar-refractivity contribution in [3.05, 3.63) is 95.1 Å². The van der Waals surface area contributed by atoms with Gasteiger partial charge in [0.05, 0.1) is 4.90 Å².